The van der Waals surface area contributed by atoms with E-state index in [1.165, 1.54) is 0 Å². The topological polar surface area (TPSA) is 49.3 Å². The van der Waals surface area contributed by atoms with Gasteiger partial charge >= 0.3 is 0 Å². The largest absolute Gasteiger partial charge is 0.370 e. The number of aliphatic hydroxyl groups is 1. The van der Waals surface area contributed by atoms with Gasteiger partial charge in [-0.05, 0) is 0 Å². The Labute approximate surface area is 90.3 Å². The van der Waals surface area contributed by atoms with Gasteiger partial charge in [0.15, 0.2) is 8.37 Å². The van der Waals surface area contributed by atoms with Gasteiger partial charge in [-0.25, -0.2) is 0 Å². The number of hydrogen-bond donors (Lipinski definition) is 2. The summed E-state index contributed by atoms with van der Waals surface area (Å²) >= 11 is 9.21. The highest BCUT2D eigenvalue weighted by Crippen LogP contribution is 2.35. The lowest BCUT2D eigenvalue weighted by Gasteiger charge is -2.20. The van der Waals surface area contributed by atoms with Crippen molar-refractivity contribution in [2.24, 2.45) is 0 Å². The molecule has 0 aromatic rings. The third-order valence-corrected chi connectivity index (χ3v) is 2.23. The summed E-state index contributed by atoms with van der Waals surface area (Å²) in [6.45, 7) is 1.71. The highest BCUT2D eigenvalue weighted by atomic mass is 80.0. The summed E-state index contributed by atoms with van der Waals surface area (Å²) in [6.07, 6.45) is -0.657. The van der Waals surface area contributed by atoms with Crippen molar-refractivity contribution in [3.8, 4) is 0 Å². The van der Waals surface area contributed by atoms with E-state index in [1.807, 2.05) is 0 Å². The van der Waals surface area contributed by atoms with Crippen LogP contribution >= 0.6 is 47.8 Å². The van der Waals surface area contributed by atoms with Gasteiger partial charge in [-0.15, -0.1) is 0 Å². The Kier molecular flexibility index (Phi) is 5.17. The molecular weight excluding hydrogens is 346 g/mol. The first-order valence-corrected chi connectivity index (χ1v) is 5.30. The van der Waals surface area contributed by atoms with Crippen LogP contribution in [0.3, 0.4) is 0 Å². The zero-order valence-electron chi connectivity index (χ0n) is 5.77. The zero-order valence-corrected chi connectivity index (χ0v) is 10.5. The van der Waals surface area contributed by atoms with Gasteiger partial charge in [-0.3, -0.25) is 4.79 Å². The minimum Gasteiger partial charge on any atom is -0.370 e. The maximum atomic E-state index is 10.7. The van der Waals surface area contributed by atoms with Crippen molar-refractivity contribution in [3.63, 3.8) is 0 Å². The molecule has 0 unspecified atom stereocenters. The van der Waals surface area contributed by atoms with E-state index >= 15 is 0 Å². The van der Waals surface area contributed by atoms with Crippen molar-refractivity contribution in [2.45, 2.75) is 21.7 Å². The number of aliphatic hydroxyl groups excluding tert-OH is 1. The zero-order chi connectivity index (χ0) is 9.07. The number of hydrogen-bond acceptors (Lipinski definition) is 2. The lowest BCUT2D eigenvalue weighted by Crippen LogP contribution is -2.42. The molecular formula is C5H8Br3NO2. The van der Waals surface area contributed by atoms with Crippen molar-refractivity contribution in [1.82, 2.24) is 5.32 Å². The first kappa shape index (κ1) is 11.9. The van der Waals surface area contributed by atoms with E-state index in [2.05, 4.69) is 53.1 Å². The average Bonchev–Trinajstić information content (AvgIpc) is 1.85. The van der Waals surface area contributed by atoms with Crippen LogP contribution in [-0.4, -0.2) is 19.4 Å². The van der Waals surface area contributed by atoms with Crippen molar-refractivity contribution in [1.29, 1.82) is 0 Å². The average molecular weight is 354 g/mol. The van der Waals surface area contributed by atoms with E-state index < -0.39 is 8.37 Å². The van der Waals surface area contributed by atoms with Crippen LogP contribution in [0.15, 0.2) is 0 Å². The second-order valence-corrected chi connectivity index (χ2v) is 8.81. The Morgan fingerprint density at radius 3 is 2.36 bits per heavy atom. The monoisotopic (exact) mass is 351 g/mol. The summed E-state index contributed by atoms with van der Waals surface area (Å²) in [5.41, 5.74) is 0. The smallest absolute Gasteiger partial charge is 0.221 e. The van der Waals surface area contributed by atoms with Crippen molar-refractivity contribution in [3.05, 3.63) is 0 Å². The van der Waals surface area contributed by atoms with Gasteiger partial charge in [0.2, 0.25) is 5.91 Å². The molecule has 0 aromatic heterocycles. The van der Waals surface area contributed by atoms with Gasteiger partial charge in [-0.1, -0.05) is 54.7 Å². The van der Waals surface area contributed by atoms with Crippen LogP contribution in [0.1, 0.15) is 13.3 Å². The summed E-state index contributed by atoms with van der Waals surface area (Å²) in [7, 11) is 0. The molecule has 0 saturated carbocycles. The van der Waals surface area contributed by atoms with Crippen LogP contribution in [0.25, 0.3) is 0 Å². The molecule has 0 aliphatic carbocycles. The summed E-state index contributed by atoms with van der Waals surface area (Å²) in [4.78, 5) is 10.7. The van der Waals surface area contributed by atoms with Crippen molar-refractivity contribution in [2.75, 3.05) is 0 Å². The van der Waals surface area contributed by atoms with Gasteiger partial charge in [0, 0.05) is 6.42 Å². The predicted molar refractivity (Wildman–Crippen MR) is 54.0 cm³/mol. The number of amides is 1. The quantitative estimate of drug-likeness (QED) is 0.586. The van der Waals surface area contributed by atoms with Crippen molar-refractivity contribution < 1.29 is 9.90 Å². The lowest BCUT2D eigenvalue weighted by atomic mass is 10.4. The van der Waals surface area contributed by atoms with E-state index in [1.54, 1.807) is 6.92 Å². The van der Waals surface area contributed by atoms with E-state index in [-0.39, 0.29) is 5.91 Å². The number of alkyl halides is 3. The summed E-state index contributed by atoms with van der Waals surface area (Å²) < 4.78 is -0.849. The van der Waals surface area contributed by atoms with E-state index in [4.69, 9.17) is 0 Å². The van der Waals surface area contributed by atoms with Gasteiger partial charge in [-0.2, -0.15) is 0 Å². The number of carbonyl (C=O) groups is 1. The number of nitrogens with one attached hydrogen (secondary N) is 1. The van der Waals surface area contributed by atoms with E-state index in [0.717, 1.165) is 0 Å². The minimum atomic E-state index is -1.00. The van der Waals surface area contributed by atoms with Crippen LogP contribution in [0.4, 0.5) is 0 Å². The first-order chi connectivity index (χ1) is 4.88. The fourth-order valence-electron chi connectivity index (χ4n) is 0.336. The van der Waals surface area contributed by atoms with E-state index in [0.29, 0.717) is 6.42 Å². The number of rotatable bonds is 2. The molecule has 66 valence electrons. The molecule has 0 rings (SSSR count). The maximum Gasteiger partial charge on any atom is 0.221 e. The third kappa shape index (κ3) is 5.16. The Morgan fingerprint density at radius 2 is 2.09 bits per heavy atom. The van der Waals surface area contributed by atoms with E-state index in [9.17, 15) is 9.90 Å². The fourth-order valence-corrected chi connectivity index (χ4v) is 0.680. The normalized spacial score (nSPS) is 14.3. The molecule has 0 spiro atoms. The summed E-state index contributed by atoms with van der Waals surface area (Å²) in [6, 6.07) is 0. The minimum absolute atomic E-state index is 0.208. The third-order valence-electron chi connectivity index (χ3n) is 0.929. The molecule has 0 heterocycles. The fraction of sp³-hybridized carbons (Fsp3) is 0.800. The molecule has 0 aliphatic rings. The number of carbonyl (C=O) groups excluding carboxylic acids is 1. The first-order valence-electron chi connectivity index (χ1n) is 2.92. The molecule has 0 bridgehead atoms. The molecule has 0 aromatic carbocycles. The predicted octanol–water partition coefficient (Wildman–Crippen LogP) is 1.67. The van der Waals surface area contributed by atoms with Crippen molar-refractivity contribution >= 4 is 53.7 Å². The van der Waals surface area contributed by atoms with Crippen LogP contribution < -0.4 is 5.32 Å². The Bertz CT molecular complexity index is 145. The molecule has 1 amide bonds. The lowest BCUT2D eigenvalue weighted by molar-refractivity contribution is -0.123. The second-order valence-electron chi connectivity index (χ2n) is 1.87. The highest BCUT2D eigenvalue weighted by Gasteiger charge is 2.29. The number of halogens is 3. The second kappa shape index (κ2) is 4.79. The highest BCUT2D eigenvalue weighted by molar-refractivity contribution is 9.39. The molecule has 6 heteroatoms. The van der Waals surface area contributed by atoms with Gasteiger partial charge in [0.25, 0.3) is 0 Å². The Hall–Kier alpha value is 0.870. The molecule has 11 heavy (non-hydrogen) atoms. The molecule has 1 atom stereocenters. The molecule has 3 nitrogen and oxygen atoms in total. The molecule has 0 aliphatic heterocycles. The molecule has 0 saturated heterocycles. The van der Waals surface area contributed by atoms with Gasteiger partial charge in [0.05, 0.1) is 0 Å². The van der Waals surface area contributed by atoms with Crippen LogP contribution in [0.5, 0.6) is 0 Å². The van der Waals surface area contributed by atoms with Gasteiger partial charge < -0.3 is 10.4 Å². The molecule has 2 N–H and O–H groups in total. The van der Waals surface area contributed by atoms with Gasteiger partial charge in [0.1, 0.15) is 0 Å². The SMILES string of the molecule is CCC(=O)N[C@H](O)C(Br)(Br)Br. The van der Waals surface area contributed by atoms with Crippen LogP contribution in [0, 0.1) is 0 Å². The van der Waals surface area contributed by atoms with Crippen LogP contribution in [-0.2, 0) is 4.79 Å². The Morgan fingerprint density at radius 1 is 1.64 bits per heavy atom. The Balaban J connectivity index is 3.87. The maximum absolute atomic E-state index is 10.7. The summed E-state index contributed by atoms with van der Waals surface area (Å²) in [5, 5.41) is 11.6. The standard InChI is InChI=1S/C5H8Br3NO2/c1-2-3(10)9-4(11)5(6,7)8/h4,11H,2H2,1H3,(H,9,10)/t4-/m1/s1. The molecule has 0 radical (unpaired) electrons. The summed E-state index contributed by atoms with van der Waals surface area (Å²) in [5.74, 6) is -0.208. The van der Waals surface area contributed by atoms with Crippen LogP contribution in [0.2, 0.25) is 0 Å². The molecule has 0 fully saturated rings.